The average molecular weight is 276 g/mol. The maximum absolute atomic E-state index is 3.76. The molecule has 2 heterocycles. The molecule has 1 aromatic rings. The van der Waals surface area contributed by atoms with E-state index >= 15 is 0 Å². The largest absolute Gasteiger partial charge is 0.309 e. The summed E-state index contributed by atoms with van der Waals surface area (Å²) in [5.74, 6) is 2.14. The van der Waals surface area contributed by atoms with E-state index in [0.717, 1.165) is 5.92 Å². The van der Waals surface area contributed by atoms with Crippen LogP contribution in [0.4, 0.5) is 0 Å². The van der Waals surface area contributed by atoms with E-state index in [2.05, 4.69) is 41.5 Å². The first-order valence-electron chi connectivity index (χ1n) is 7.46. The van der Waals surface area contributed by atoms with Crippen LogP contribution in [-0.4, -0.2) is 37.3 Å². The minimum Gasteiger partial charge on any atom is -0.309 e. The van der Waals surface area contributed by atoms with E-state index in [1.165, 1.54) is 55.1 Å². The van der Waals surface area contributed by atoms with Gasteiger partial charge in [-0.1, -0.05) is 18.2 Å². The van der Waals surface area contributed by atoms with Gasteiger partial charge < -0.3 is 10.2 Å². The van der Waals surface area contributed by atoms with Gasteiger partial charge in [0.2, 0.25) is 0 Å². The molecule has 1 fully saturated rings. The molecule has 2 aliphatic rings. The van der Waals surface area contributed by atoms with Crippen molar-refractivity contribution in [1.29, 1.82) is 0 Å². The lowest BCUT2D eigenvalue weighted by molar-refractivity contribution is 0.211. The van der Waals surface area contributed by atoms with Crippen LogP contribution in [0.1, 0.15) is 30.9 Å². The fourth-order valence-corrected chi connectivity index (χ4v) is 4.34. The molecule has 0 aromatic heterocycles. The van der Waals surface area contributed by atoms with Crippen molar-refractivity contribution in [3.63, 3.8) is 0 Å². The Morgan fingerprint density at radius 1 is 1.26 bits per heavy atom. The molecule has 0 radical (unpaired) electrons. The molecule has 104 valence electrons. The van der Waals surface area contributed by atoms with Gasteiger partial charge in [-0.15, -0.1) is 11.8 Å². The highest BCUT2D eigenvalue weighted by molar-refractivity contribution is 7.99. The molecule has 19 heavy (non-hydrogen) atoms. The zero-order valence-electron chi connectivity index (χ0n) is 11.8. The predicted octanol–water partition coefficient (Wildman–Crippen LogP) is 3.15. The van der Waals surface area contributed by atoms with Crippen LogP contribution in [0.3, 0.4) is 0 Å². The Kier molecular flexibility index (Phi) is 4.46. The SMILES string of the molecule is CN1CCC(CCNC2CSc3ccccc32)CC1. The monoisotopic (exact) mass is 276 g/mol. The highest BCUT2D eigenvalue weighted by Crippen LogP contribution is 2.37. The summed E-state index contributed by atoms with van der Waals surface area (Å²) in [5, 5.41) is 3.76. The van der Waals surface area contributed by atoms with E-state index < -0.39 is 0 Å². The lowest BCUT2D eigenvalue weighted by Crippen LogP contribution is -2.32. The normalized spacial score (nSPS) is 24.6. The van der Waals surface area contributed by atoms with Gasteiger partial charge in [0.25, 0.3) is 0 Å². The van der Waals surface area contributed by atoms with E-state index in [1.807, 2.05) is 11.8 Å². The molecule has 3 heteroatoms. The summed E-state index contributed by atoms with van der Waals surface area (Å²) in [7, 11) is 2.24. The van der Waals surface area contributed by atoms with Crippen molar-refractivity contribution in [3.05, 3.63) is 29.8 Å². The van der Waals surface area contributed by atoms with Gasteiger partial charge in [-0.3, -0.25) is 0 Å². The number of hydrogen-bond donors (Lipinski definition) is 1. The number of nitrogens with one attached hydrogen (secondary N) is 1. The second-order valence-electron chi connectivity index (χ2n) is 5.89. The molecule has 2 nitrogen and oxygen atoms in total. The van der Waals surface area contributed by atoms with E-state index in [4.69, 9.17) is 0 Å². The average Bonchev–Trinajstić information content (AvgIpc) is 2.85. The van der Waals surface area contributed by atoms with Gasteiger partial charge in [0.1, 0.15) is 0 Å². The van der Waals surface area contributed by atoms with Crippen molar-refractivity contribution >= 4 is 11.8 Å². The molecule has 1 aromatic carbocycles. The fraction of sp³-hybridized carbons (Fsp3) is 0.625. The Labute approximate surface area is 121 Å². The number of benzene rings is 1. The Balaban J connectivity index is 1.44. The molecule has 0 amide bonds. The number of rotatable bonds is 4. The molecule has 1 atom stereocenters. The van der Waals surface area contributed by atoms with E-state index in [1.54, 1.807) is 0 Å². The zero-order valence-corrected chi connectivity index (χ0v) is 12.6. The third-order valence-electron chi connectivity index (χ3n) is 4.48. The lowest BCUT2D eigenvalue weighted by atomic mass is 9.93. The standard InChI is InChI=1S/C16H24N2S/c1-18-10-7-13(8-11-18)6-9-17-15-12-19-16-5-3-2-4-14(15)16/h2-5,13,15,17H,6-12H2,1H3. The third kappa shape index (κ3) is 3.33. The quantitative estimate of drug-likeness (QED) is 0.909. The molecule has 0 bridgehead atoms. The first-order chi connectivity index (χ1) is 9.33. The number of hydrogen-bond acceptors (Lipinski definition) is 3. The Bertz CT molecular complexity index is 413. The second kappa shape index (κ2) is 6.29. The van der Waals surface area contributed by atoms with Crippen LogP contribution in [0.25, 0.3) is 0 Å². The van der Waals surface area contributed by atoms with Crippen LogP contribution in [0.15, 0.2) is 29.2 Å². The Hall–Kier alpha value is -0.510. The fourth-order valence-electron chi connectivity index (χ4n) is 3.14. The molecule has 0 aliphatic carbocycles. The maximum atomic E-state index is 3.76. The van der Waals surface area contributed by atoms with E-state index in [9.17, 15) is 0 Å². The molecular formula is C16H24N2S. The van der Waals surface area contributed by atoms with Crippen LogP contribution in [0.2, 0.25) is 0 Å². The third-order valence-corrected chi connectivity index (χ3v) is 5.66. The van der Waals surface area contributed by atoms with Crippen molar-refractivity contribution < 1.29 is 0 Å². The van der Waals surface area contributed by atoms with Crippen molar-refractivity contribution in [2.75, 3.05) is 32.4 Å². The van der Waals surface area contributed by atoms with Crippen LogP contribution in [0, 0.1) is 5.92 Å². The van der Waals surface area contributed by atoms with Gasteiger partial charge in [-0.2, -0.15) is 0 Å². The summed E-state index contributed by atoms with van der Waals surface area (Å²) < 4.78 is 0. The van der Waals surface area contributed by atoms with Crippen LogP contribution in [0.5, 0.6) is 0 Å². The van der Waals surface area contributed by atoms with Crippen molar-refractivity contribution in [3.8, 4) is 0 Å². The smallest absolute Gasteiger partial charge is 0.0426 e. The number of thioether (sulfide) groups is 1. The topological polar surface area (TPSA) is 15.3 Å². The van der Waals surface area contributed by atoms with Gasteiger partial charge in [-0.05, 0) is 63.5 Å². The first kappa shape index (κ1) is 13.5. The number of piperidine rings is 1. The van der Waals surface area contributed by atoms with Gasteiger partial charge >= 0.3 is 0 Å². The maximum Gasteiger partial charge on any atom is 0.0426 e. The van der Waals surface area contributed by atoms with E-state index in [-0.39, 0.29) is 0 Å². The number of fused-ring (bicyclic) bond motifs is 1. The van der Waals surface area contributed by atoms with Crippen LogP contribution >= 0.6 is 11.8 Å². The molecule has 2 aliphatic heterocycles. The first-order valence-corrected chi connectivity index (χ1v) is 8.45. The molecule has 0 spiro atoms. The minimum absolute atomic E-state index is 0.576. The van der Waals surface area contributed by atoms with Crippen molar-refractivity contribution in [1.82, 2.24) is 10.2 Å². The lowest BCUT2D eigenvalue weighted by Gasteiger charge is -2.29. The summed E-state index contributed by atoms with van der Waals surface area (Å²) >= 11 is 1.99. The number of likely N-dealkylation sites (tertiary alicyclic amines) is 1. The highest BCUT2D eigenvalue weighted by atomic mass is 32.2. The summed E-state index contributed by atoms with van der Waals surface area (Å²) in [6.07, 6.45) is 4.11. The van der Waals surface area contributed by atoms with Crippen molar-refractivity contribution in [2.45, 2.75) is 30.2 Å². The summed E-state index contributed by atoms with van der Waals surface area (Å²) in [5.41, 5.74) is 1.51. The Morgan fingerprint density at radius 3 is 2.89 bits per heavy atom. The zero-order chi connectivity index (χ0) is 13.1. The van der Waals surface area contributed by atoms with Gasteiger partial charge in [0.15, 0.2) is 0 Å². The van der Waals surface area contributed by atoms with Gasteiger partial charge in [0.05, 0.1) is 0 Å². The summed E-state index contributed by atoms with van der Waals surface area (Å²) in [6.45, 7) is 3.74. The predicted molar refractivity (Wildman–Crippen MR) is 82.7 cm³/mol. The van der Waals surface area contributed by atoms with Crippen molar-refractivity contribution in [2.24, 2.45) is 5.92 Å². The minimum atomic E-state index is 0.576. The molecular weight excluding hydrogens is 252 g/mol. The highest BCUT2D eigenvalue weighted by Gasteiger charge is 2.22. The summed E-state index contributed by atoms with van der Waals surface area (Å²) in [6, 6.07) is 9.41. The Morgan fingerprint density at radius 2 is 2.05 bits per heavy atom. The van der Waals surface area contributed by atoms with Gasteiger partial charge in [0, 0.05) is 16.7 Å². The molecule has 3 rings (SSSR count). The molecule has 1 N–H and O–H groups in total. The second-order valence-corrected chi connectivity index (χ2v) is 6.95. The molecule has 0 saturated carbocycles. The summed E-state index contributed by atoms with van der Waals surface area (Å²) in [4.78, 5) is 3.92. The van der Waals surface area contributed by atoms with Crippen LogP contribution < -0.4 is 5.32 Å². The molecule has 1 saturated heterocycles. The van der Waals surface area contributed by atoms with E-state index in [0.29, 0.717) is 6.04 Å². The van der Waals surface area contributed by atoms with Gasteiger partial charge in [-0.25, -0.2) is 0 Å². The molecule has 1 unspecified atom stereocenters. The van der Waals surface area contributed by atoms with Crippen LogP contribution in [-0.2, 0) is 0 Å². The number of nitrogens with zero attached hydrogens (tertiary/aromatic N) is 1.